The lowest BCUT2D eigenvalue weighted by Crippen LogP contribution is -2.19. The molecule has 1 aliphatic carbocycles. The highest BCUT2D eigenvalue weighted by Crippen LogP contribution is 2.27. The lowest BCUT2D eigenvalue weighted by atomic mass is 10.1. The van der Waals surface area contributed by atoms with Crippen molar-refractivity contribution in [2.24, 2.45) is 0 Å². The molecule has 0 spiro atoms. The first-order valence-corrected chi connectivity index (χ1v) is 10.2. The Morgan fingerprint density at radius 1 is 1.32 bits per heavy atom. The van der Waals surface area contributed by atoms with E-state index in [1.54, 1.807) is 28.1 Å². The minimum absolute atomic E-state index is 0.0986. The summed E-state index contributed by atoms with van der Waals surface area (Å²) in [5, 5.41) is 12.4. The van der Waals surface area contributed by atoms with Crippen LogP contribution >= 0.6 is 11.3 Å². The highest BCUT2D eigenvalue weighted by atomic mass is 32.1. The summed E-state index contributed by atoms with van der Waals surface area (Å²) in [6.45, 7) is 0. The predicted octanol–water partition coefficient (Wildman–Crippen LogP) is 2.58. The number of fused-ring (bicyclic) bond motifs is 1. The molecule has 2 amide bonds. The van der Waals surface area contributed by atoms with Gasteiger partial charge in [0.1, 0.15) is 5.82 Å². The van der Waals surface area contributed by atoms with E-state index in [4.69, 9.17) is 4.98 Å². The lowest BCUT2D eigenvalue weighted by molar-refractivity contribution is -0.124. The number of nitrogens with one attached hydrogen (secondary N) is 2. The van der Waals surface area contributed by atoms with Crippen molar-refractivity contribution >= 4 is 40.7 Å². The van der Waals surface area contributed by atoms with Crippen LogP contribution in [0.4, 0.5) is 5.82 Å². The molecule has 1 saturated heterocycles. The van der Waals surface area contributed by atoms with Crippen molar-refractivity contribution in [3.63, 3.8) is 0 Å². The van der Waals surface area contributed by atoms with Crippen LogP contribution in [0.5, 0.6) is 0 Å². The maximum absolute atomic E-state index is 11.9. The Kier molecular flexibility index (Phi) is 4.20. The average Bonchev–Trinajstić information content (AvgIpc) is 3.05. The molecule has 4 heterocycles. The van der Waals surface area contributed by atoms with E-state index in [1.807, 2.05) is 0 Å². The second kappa shape index (κ2) is 6.87. The zero-order valence-corrected chi connectivity index (χ0v) is 16.0. The normalized spacial score (nSPS) is 18.2. The first-order chi connectivity index (χ1) is 13.7. The molecule has 1 saturated carbocycles. The fourth-order valence-corrected chi connectivity index (χ4v) is 4.02. The highest BCUT2D eigenvalue weighted by molar-refractivity contribution is 7.09. The summed E-state index contributed by atoms with van der Waals surface area (Å²) in [5.41, 5.74) is 2.88. The number of amides is 2. The van der Waals surface area contributed by atoms with Crippen LogP contribution < -0.4 is 10.6 Å². The summed E-state index contributed by atoms with van der Waals surface area (Å²) in [6, 6.07) is 6.75. The molecule has 2 N–H and O–H groups in total. The van der Waals surface area contributed by atoms with Crippen LogP contribution in [0.15, 0.2) is 35.3 Å². The number of imide groups is 1. The molecule has 0 atom stereocenters. The van der Waals surface area contributed by atoms with Crippen LogP contribution in [0.1, 0.15) is 35.4 Å². The van der Waals surface area contributed by atoms with Gasteiger partial charge in [0.05, 0.1) is 12.6 Å². The topological polar surface area (TPSA) is 88.4 Å². The molecule has 3 aromatic heterocycles. The zero-order valence-electron chi connectivity index (χ0n) is 15.1. The number of carbonyl (C=O) groups excluding carboxylic acids is 2. The number of aryl methyl sites for hydroxylation is 2. The van der Waals surface area contributed by atoms with Gasteiger partial charge in [-0.3, -0.25) is 14.9 Å². The van der Waals surface area contributed by atoms with E-state index >= 15 is 0 Å². The first-order valence-electron chi connectivity index (χ1n) is 9.37. The summed E-state index contributed by atoms with van der Waals surface area (Å²) >= 11 is 1.75. The van der Waals surface area contributed by atoms with Gasteiger partial charge in [-0.1, -0.05) is 6.07 Å². The predicted molar refractivity (Wildman–Crippen MR) is 107 cm³/mol. The SMILES string of the molecule is O=C1C/C(=C\c2cnn3c(NC4CC4)cc(CCc4cccs4)nc23)C(=O)N1. The number of aromatic nitrogens is 3. The van der Waals surface area contributed by atoms with Crippen molar-refractivity contribution < 1.29 is 9.59 Å². The van der Waals surface area contributed by atoms with Gasteiger partial charge in [0.25, 0.3) is 5.91 Å². The van der Waals surface area contributed by atoms with Crippen LogP contribution in [0, 0.1) is 0 Å². The number of nitrogens with zero attached hydrogens (tertiary/aromatic N) is 3. The second-order valence-corrected chi connectivity index (χ2v) is 8.22. The van der Waals surface area contributed by atoms with Gasteiger partial charge in [-0.2, -0.15) is 9.61 Å². The second-order valence-electron chi connectivity index (χ2n) is 7.19. The summed E-state index contributed by atoms with van der Waals surface area (Å²) in [6.07, 6.45) is 7.61. The average molecular weight is 393 g/mol. The minimum Gasteiger partial charge on any atom is -0.367 e. The monoisotopic (exact) mass is 393 g/mol. The molecule has 5 rings (SSSR count). The lowest BCUT2D eigenvalue weighted by Gasteiger charge is -2.10. The highest BCUT2D eigenvalue weighted by Gasteiger charge is 2.25. The molecule has 3 aromatic rings. The first kappa shape index (κ1) is 17.1. The van der Waals surface area contributed by atoms with Crippen LogP contribution in [-0.4, -0.2) is 32.5 Å². The molecule has 2 fully saturated rings. The van der Waals surface area contributed by atoms with Crippen molar-refractivity contribution in [3.05, 3.63) is 51.5 Å². The van der Waals surface area contributed by atoms with Crippen molar-refractivity contribution in [3.8, 4) is 0 Å². The van der Waals surface area contributed by atoms with Crippen molar-refractivity contribution in [1.82, 2.24) is 19.9 Å². The summed E-state index contributed by atoms with van der Waals surface area (Å²) in [4.78, 5) is 29.5. The molecule has 1 aliphatic heterocycles. The van der Waals surface area contributed by atoms with Gasteiger partial charge in [-0.05, 0) is 43.2 Å². The van der Waals surface area contributed by atoms with Gasteiger partial charge in [0, 0.05) is 33.8 Å². The Labute approximate surface area is 165 Å². The summed E-state index contributed by atoms with van der Waals surface area (Å²) in [7, 11) is 0. The number of carbonyl (C=O) groups is 2. The number of hydrogen-bond donors (Lipinski definition) is 2. The Morgan fingerprint density at radius 2 is 2.21 bits per heavy atom. The number of anilines is 1. The number of hydrogen-bond acceptors (Lipinski definition) is 6. The van der Waals surface area contributed by atoms with E-state index in [2.05, 4.69) is 39.3 Å². The Balaban J connectivity index is 1.52. The van der Waals surface area contributed by atoms with Gasteiger partial charge in [0.2, 0.25) is 5.91 Å². The standard InChI is InChI=1S/C20H19N5O2S/c26-18-9-12(20(27)24-18)8-13-11-21-25-17(22-14-3-4-14)10-15(23-19(13)25)5-6-16-2-1-7-28-16/h1-2,7-8,10-11,14,22H,3-6,9H2,(H,24,26,27)/b12-8+. The third-order valence-electron chi connectivity index (χ3n) is 4.91. The smallest absolute Gasteiger partial charge is 0.254 e. The van der Waals surface area contributed by atoms with E-state index in [1.165, 1.54) is 4.88 Å². The maximum atomic E-state index is 11.9. The van der Waals surface area contributed by atoms with Gasteiger partial charge < -0.3 is 5.32 Å². The molecule has 0 aromatic carbocycles. The van der Waals surface area contributed by atoms with E-state index in [0.29, 0.717) is 17.3 Å². The molecule has 142 valence electrons. The number of rotatable bonds is 6. The summed E-state index contributed by atoms with van der Waals surface area (Å²) in [5.74, 6) is 0.313. The van der Waals surface area contributed by atoms with Crippen LogP contribution in [-0.2, 0) is 22.4 Å². The molecular weight excluding hydrogens is 374 g/mol. The van der Waals surface area contributed by atoms with E-state index < -0.39 is 0 Å². The van der Waals surface area contributed by atoms with Crippen LogP contribution in [0.3, 0.4) is 0 Å². The van der Waals surface area contributed by atoms with Gasteiger partial charge in [-0.25, -0.2) is 4.98 Å². The summed E-state index contributed by atoms with van der Waals surface area (Å²) < 4.78 is 1.79. The zero-order chi connectivity index (χ0) is 19.1. The number of thiophene rings is 1. The molecule has 0 unspecified atom stereocenters. The molecule has 0 bridgehead atoms. The fourth-order valence-electron chi connectivity index (χ4n) is 3.31. The van der Waals surface area contributed by atoms with Crippen molar-refractivity contribution in [1.29, 1.82) is 0 Å². The van der Waals surface area contributed by atoms with E-state index in [9.17, 15) is 9.59 Å². The molecule has 2 aliphatic rings. The fraction of sp³-hybridized carbons (Fsp3) is 0.300. The van der Waals surface area contributed by atoms with Gasteiger partial charge in [-0.15, -0.1) is 11.3 Å². The molecular formula is C20H19N5O2S. The molecule has 8 heteroatoms. The Bertz CT molecular complexity index is 1100. The third kappa shape index (κ3) is 3.43. The molecule has 0 radical (unpaired) electrons. The van der Waals surface area contributed by atoms with Crippen LogP contribution in [0.25, 0.3) is 11.7 Å². The Hall–Kier alpha value is -3.00. The minimum atomic E-state index is -0.338. The van der Waals surface area contributed by atoms with Crippen molar-refractivity contribution in [2.45, 2.75) is 38.1 Å². The largest absolute Gasteiger partial charge is 0.367 e. The third-order valence-corrected chi connectivity index (χ3v) is 5.85. The van der Waals surface area contributed by atoms with E-state index in [0.717, 1.165) is 42.8 Å². The quantitative estimate of drug-likeness (QED) is 0.496. The van der Waals surface area contributed by atoms with Crippen molar-refractivity contribution in [2.75, 3.05) is 5.32 Å². The Morgan fingerprint density at radius 3 is 2.93 bits per heavy atom. The van der Waals surface area contributed by atoms with Gasteiger partial charge >= 0.3 is 0 Å². The maximum Gasteiger partial charge on any atom is 0.254 e. The molecule has 28 heavy (non-hydrogen) atoms. The molecule has 7 nitrogen and oxygen atoms in total. The van der Waals surface area contributed by atoms with Crippen LogP contribution in [0.2, 0.25) is 0 Å². The van der Waals surface area contributed by atoms with Gasteiger partial charge in [0.15, 0.2) is 5.65 Å². The van der Waals surface area contributed by atoms with E-state index in [-0.39, 0.29) is 18.2 Å².